The van der Waals surface area contributed by atoms with E-state index in [1.807, 2.05) is 6.07 Å². The summed E-state index contributed by atoms with van der Waals surface area (Å²) in [5.41, 5.74) is 1.20. The van der Waals surface area contributed by atoms with Crippen LogP contribution in [0.3, 0.4) is 0 Å². The number of carbonyl (C=O) groups excluding carboxylic acids is 2. The fourth-order valence-electron chi connectivity index (χ4n) is 2.45. The minimum Gasteiger partial charge on any atom is -0.365 e. The molecule has 1 unspecified atom stereocenters. The van der Waals surface area contributed by atoms with E-state index in [0.29, 0.717) is 23.7 Å². The predicted octanol–water partition coefficient (Wildman–Crippen LogP) is 1.90. The fourth-order valence-corrected chi connectivity index (χ4v) is 2.63. The van der Waals surface area contributed by atoms with Crippen molar-refractivity contribution in [2.24, 2.45) is 0 Å². The van der Waals surface area contributed by atoms with Gasteiger partial charge in [0.2, 0.25) is 0 Å². The lowest BCUT2D eigenvalue weighted by Crippen LogP contribution is -2.50. The summed E-state index contributed by atoms with van der Waals surface area (Å²) in [6, 6.07) is 10.5. The normalized spacial score (nSPS) is 17.6. The summed E-state index contributed by atoms with van der Waals surface area (Å²) < 4.78 is 5.50. The van der Waals surface area contributed by atoms with Crippen LogP contribution in [-0.2, 0) is 9.53 Å². The van der Waals surface area contributed by atoms with Gasteiger partial charge in [-0.25, -0.2) is 0 Å². The number of pyridine rings is 1. The van der Waals surface area contributed by atoms with Crippen molar-refractivity contribution in [3.8, 4) is 0 Å². The molecule has 0 aliphatic carbocycles. The van der Waals surface area contributed by atoms with Gasteiger partial charge in [0, 0.05) is 29.6 Å². The van der Waals surface area contributed by atoms with Gasteiger partial charge >= 0.3 is 0 Å². The Morgan fingerprint density at radius 1 is 1.38 bits per heavy atom. The topological polar surface area (TPSA) is 71.5 Å². The highest BCUT2D eigenvalue weighted by Gasteiger charge is 2.27. The van der Waals surface area contributed by atoms with Crippen molar-refractivity contribution in [1.82, 2.24) is 10.3 Å². The second kappa shape index (κ2) is 7.42. The van der Waals surface area contributed by atoms with E-state index in [0.717, 1.165) is 5.69 Å². The molecule has 124 valence electrons. The van der Waals surface area contributed by atoms with Crippen molar-refractivity contribution in [1.29, 1.82) is 0 Å². The van der Waals surface area contributed by atoms with Crippen LogP contribution in [0, 0.1) is 0 Å². The fraction of sp³-hybridized carbons (Fsp3) is 0.235. The van der Waals surface area contributed by atoms with Gasteiger partial charge in [-0.15, -0.1) is 0 Å². The van der Waals surface area contributed by atoms with Gasteiger partial charge in [-0.1, -0.05) is 17.7 Å². The Labute approximate surface area is 144 Å². The molecule has 1 aromatic heterocycles. The third-order valence-electron chi connectivity index (χ3n) is 3.66. The number of rotatable bonds is 4. The van der Waals surface area contributed by atoms with Crippen LogP contribution >= 0.6 is 11.6 Å². The summed E-state index contributed by atoms with van der Waals surface area (Å²) in [5.74, 6) is -0.356. The molecule has 1 atom stereocenters. The number of halogens is 1. The molecule has 1 aliphatic heterocycles. The second-order valence-electron chi connectivity index (χ2n) is 5.37. The monoisotopic (exact) mass is 345 g/mol. The van der Waals surface area contributed by atoms with E-state index in [1.54, 1.807) is 41.4 Å². The molecule has 1 saturated heterocycles. The molecule has 7 heteroatoms. The predicted molar refractivity (Wildman–Crippen MR) is 90.1 cm³/mol. The van der Waals surface area contributed by atoms with Crippen LogP contribution < -0.4 is 10.2 Å². The molecule has 1 N–H and O–H groups in total. The SMILES string of the molecule is O=C(NCC1CN(c2cccc(Cl)c2)C(=O)CO1)c1cccnc1. The summed E-state index contributed by atoms with van der Waals surface area (Å²) in [7, 11) is 0. The van der Waals surface area contributed by atoms with Gasteiger partial charge < -0.3 is 15.0 Å². The zero-order chi connectivity index (χ0) is 16.9. The maximum atomic E-state index is 12.1. The van der Waals surface area contributed by atoms with E-state index in [4.69, 9.17) is 16.3 Å². The number of morpholine rings is 1. The lowest BCUT2D eigenvalue weighted by molar-refractivity contribution is -0.129. The van der Waals surface area contributed by atoms with Crippen LogP contribution in [0.1, 0.15) is 10.4 Å². The first-order chi connectivity index (χ1) is 11.6. The van der Waals surface area contributed by atoms with Crippen LogP contribution in [0.25, 0.3) is 0 Å². The van der Waals surface area contributed by atoms with Crippen LogP contribution in [-0.4, -0.2) is 42.6 Å². The van der Waals surface area contributed by atoms with Gasteiger partial charge in [-0.3, -0.25) is 14.6 Å². The van der Waals surface area contributed by atoms with E-state index in [9.17, 15) is 9.59 Å². The van der Waals surface area contributed by atoms with Gasteiger partial charge in [0.05, 0.1) is 18.2 Å². The number of benzene rings is 1. The van der Waals surface area contributed by atoms with E-state index >= 15 is 0 Å². The number of carbonyl (C=O) groups is 2. The molecule has 0 radical (unpaired) electrons. The van der Waals surface area contributed by atoms with Gasteiger partial charge in [0.25, 0.3) is 11.8 Å². The molecule has 24 heavy (non-hydrogen) atoms. The van der Waals surface area contributed by atoms with Crippen molar-refractivity contribution < 1.29 is 14.3 Å². The van der Waals surface area contributed by atoms with Crippen molar-refractivity contribution in [3.05, 3.63) is 59.4 Å². The molecule has 1 aromatic carbocycles. The standard InChI is InChI=1S/C17H16ClN3O3/c18-13-4-1-5-14(7-13)21-10-15(24-11-16(21)22)9-20-17(23)12-3-2-6-19-8-12/h1-8,15H,9-11H2,(H,20,23). The molecular formula is C17H16ClN3O3. The number of amides is 2. The Kier molecular flexibility index (Phi) is 5.08. The third kappa shape index (κ3) is 3.90. The van der Waals surface area contributed by atoms with Gasteiger partial charge in [-0.05, 0) is 30.3 Å². The van der Waals surface area contributed by atoms with Crippen molar-refractivity contribution in [2.75, 3.05) is 24.6 Å². The second-order valence-corrected chi connectivity index (χ2v) is 5.81. The van der Waals surface area contributed by atoms with Gasteiger partial charge in [0.1, 0.15) is 6.61 Å². The van der Waals surface area contributed by atoms with E-state index in [2.05, 4.69) is 10.3 Å². The Morgan fingerprint density at radius 3 is 3.00 bits per heavy atom. The lowest BCUT2D eigenvalue weighted by atomic mass is 10.2. The van der Waals surface area contributed by atoms with E-state index in [-0.39, 0.29) is 24.5 Å². The van der Waals surface area contributed by atoms with Crippen LogP contribution in [0.4, 0.5) is 5.69 Å². The summed E-state index contributed by atoms with van der Waals surface area (Å²) in [5, 5.41) is 3.36. The summed E-state index contributed by atoms with van der Waals surface area (Å²) >= 11 is 5.99. The smallest absolute Gasteiger partial charge is 0.253 e. The number of nitrogens with one attached hydrogen (secondary N) is 1. The first kappa shape index (κ1) is 16.4. The molecule has 3 rings (SSSR count). The average molecular weight is 346 g/mol. The van der Waals surface area contributed by atoms with E-state index < -0.39 is 0 Å². The summed E-state index contributed by atoms with van der Waals surface area (Å²) in [4.78, 5) is 29.7. The lowest BCUT2D eigenvalue weighted by Gasteiger charge is -2.33. The minimum atomic E-state index is -0.290. The Balaban J connectivity index is 1.61. The van der Waals surface area contributed by atoms with Crippen LogP contribution in [0.2, 0.25) is 5.02 Å². The van der Waals surface area contributed by atoms with Crippen LogP contribution in [0.5, 0.6) is 0 Å². The quantitative estimate of drug-likeness (QED) is 0.918. The van der Waals surface area contributed by atoms with Crippen LogP contribution in [0.15, 0.2) is 48.8 Å². The maximum absolute atomic E-state index is 12.1. The number of aromatic nitrogens is 1. The Morgan fingerprint density at radius 2 is 2.25 bits per heavy atom. The van der Waals surface area contributed by atoms with Gasteiger partial charge in [0.15, 0.2) is 0 Å². The highest BCUT2D eigenvalue weighted by Crippen LogP contribution is 2.22. The molecule has 2 heterocycles. The number of anilines is 1. The molecule has 0 bridgehead atoms. The van der Waals surface area contributed by atoms with Gasteiger partial charge in [-0.2, -0.15) is 0 Å². The first-order valence-electron chi connectivity index (χ1n) is 7.49. The average Bonchev–Trinajstić information content (AvgIpc) is 2.61. The zero-order valence-corrected chi connectivity index (χ0v) is 13.6. The molecule has 2 aromatic rings. The van der Waals surface area contributed by atoms with Crippen molar-refractivity contribution >= 4 is 29.1 Å². The Hall–Kier alpha value is -2.44. The largest absolute Gasteiger partial charge is 0.365 e. The van der Waals surface area contributed by atoms with Crippen molar-refractivity contribution in [2.45, 2.75) is 6.10 Å². The molecule has 0 spiro atoms. The third-order valence-corrected chi connectivity index (χ3v) is 3.90. The molecule has 1 fully saturated rings. The molecule has 2 amide bonds. The zero-order valence-electron chi connectivity index (χ0n) is 12.8. The number of ether oxygens (including phenoxy) is 1. The summed E-state index contributed by atoms with van der Waals surface area (Å²) in [6.45, 7) is 0.629. The number of hydrogen-bond donors (Lipinski definition) is 1. The van der Waals surface area contributed by atoms with E-state index in [1.165, 1.54) is 6.20 Å². The summed E-state index contributed by atoms with van der Waals surface area (Å²) in [6.07, 6.45) is 2.82. The van der Waals surface area contributed by atoms with Crippen molar-refractivity contribution in [3.63, 3.8) is 0 Å². The molecule has 6 nitrogen and oxygen atoms in total. The molecule has 0 saturated carbocycles. The number of hydrogen-bond acceptors (Lipinski definition) is 4. The molecular weight excluding hydrogens is 330 g/mol. The highest BCUT2D eigenvalue weighted by molar-refractivity contribution is 6.30. The molecule has 1 aliphatic rings. The highest BCUT2D eigenvalue weighted by atomic mass is 35.5. The maximum Gasteiger partial charge on any atom is 0.253 e. The number of nitrogens with zero attached hydrogens (tertiary/aromatic N) is 2. The minimum absolute atomic E-state index is 0.0278. The Bertz CT molecular complexity index is 739. The first-order valence-corrected chi connectivity index (χ1v) is 7.87.